The Morgan fingerprint density at radius 2 is 1.12 bits per heavy atom. The second kappa shape index (κ2) is 30.5. The van der Waals surface area contributed by atoms with Gasteiger partial charge in [0.2, 0.25) is 5.91 Å². The summed E-state index contributed by atoms with van der Waals surface area (Å²) in [5.74, 6) is -0.144. The number of carbonyl (C=O) groups excluding carboxylic acids is 3. The number of esters is 1. The lowest BCUT2D eigenvalue weighted by atomic mass is 10.1. The Bertz CT molecular complexity index is 583. The zero-order valence-electron chi connectivity index (χ0n) is 26.7. The zero-order chi connectivity index (χ0) is 29.5. The summed E-state index contributed by atoms with van der Waals surface area (Å²) < 4.78 is 11.2. The van der Waals surface area contributed by atoms with Crippen molar-refractivity contribution in [3.05, 3.63) is 0 Å². The molecule has 0 aromatic carbocycles. The summed E-state index contributed by atoms with van der Waals surface area (Å²) in [6.07, 6.45) is 27.3. The number of aldehydes is 1. The maximum atomic E-state index is 12.3. The molecule has 0 saturated heterocycles. The normalized spacial score (nSPS) is 12.7. The van der Waals surface area contributed by atoms with Crippen LogP contribution in [0, 0.1) is 0 Å². The van der Waals surface area contributed by atoms with E-state index in [9.17, 15) is 14.4 Å². The van der Waals surface area contributed by atoms with Crippen molar-refractivity contribution >= 4 is 18.2 Å². The van der Waals surface area contributed by atoms with E-state index in [1.54, 1.807) is 0 Å². The summed E-state index contributed by atoms with van der Waals surface area (Å²) in [4.78, 5) is 35.4. The molecule has 2 atom stereocenters. The maximum absolute atomic E-state index is 12.3. The molecule has 6 nitrogen and oxygen atoms in total. The fraction of sp³-hybridized carbons (Fsp3) is 0.912. The summed E-state index contributed by atoms with van der Waals surface area (Å²) >= 11 is 0. The van der Waals surface area contributed by atoms with Crippen LogP contribution < -0.4 is 5.32 Å². The molecule has 0 rings (SSSR count). The van der Waals surface area contributed by atoms with Crippen LogP contribution in [0.15, 0.2) is 0 Å². The molecular weight excluding hydrogens is 502 g/mol. The Hall–Kier alpha value is -1.43. The molecule has 0 aliphatic heterocycles. The highest BCUT2D eigenvalue weighted by atomic mass is 16.5. The average molecular weight is 568 g/mol. The fourth-order valence-corrected chi connectivity index (χ4v) is 4.93. The molecule has 0 bridgehead atoms. The summed E-state index contributed by atoms with van der Waals surface area (Å²) in [6.45, 7) is 7.09. The molecule has 0 aliphatic rings. The van der Waals surface area contributed by atoms with Crippen LogP contribution in [-0.4, -0.2) is 43.5 Å². The van der Waals surface area contributed by atoms with Crippen LogP contribution in [0.3, 0.4) is 0 Å². The molecule has 1 amide bonds. The van der Waals surface area contributed by atoms with Crippen molar-refractivity contribution in [2.24, 2.45) is 0 Å². The average Bonchev–Trinajstić information content (AvgIpc) is 2.93. The minimum absolute atomic E-state index is 0.00911. The number of nitrogens with one attached hydrogen (secondary N) is 1. The molecule has 1 N–H and O–H groups in total. The summed E-state index contributed by atoms with van der Waals surface area (Å²) in [6, 6.07) is -0.304. The van der Waals surface area contributed by atoms with Crippen molar-refractivity contribution in [2.45, 2.75) is 187 Å². The van der Waals surface area contributed by atoms with Crippen LogP contribution in [0.5, 0.6) is 0 Å². The van der Waals surface area contributed by atoms with Gasteiger partial charge in [-0.1, -0.05) is 129 Å². The molecule has 0 aliphatic carbocycles. The molecule has 0 fully saturated rings. The first-order chi connectivity index (χ1) is 19.5. The molecule has 0 unspecified atom stereocenters. The third kappa shape index (κ3) is 28.1. The molecular formula is C34H65NO5. The van der Waals surface area contributed by atoms with Crippen molar-refractivity contribution in [1.29, 1.82) is 0 Å². The van der Waals surface area contributed by atoms with Gasteiger partial charge in [0.15, 0.2) is 0 Å². The molecule has 40 heavy (non-hydrogen) atoms. The Morgan fingerprint density at radius 3 is 1.60 bits per heavy atom. The van der Waals surface area contributed by atoms with Gasteiger partial charge in [0.05, 0.1) is 19.3 Å². The Morgan fingerprint density at radius 1 is 0.675 bits per heavy atom. The van der Waals surface area contributed by atoms with Gasteiger partial charge in [-0.3, -0.25) is 9.59 Å². The topological polar surface area (TPSA) is 81.7 Å². The number of amides is 1. The number of hydrogen-bond donors (Lipinski definition) is 1. The number of carbonyl (C=O) groups is 3. The quantitative estimate of drug-likeness (QED) is 0.0513. The van der Waals surface area contributed by atoms with Crippen LogP contribution in [0.4, 0.5) is 0 Å². The SMILES string of the molecule is CCCCCCCCCCCCCC(=O)N[C@@H](CC=O)COCC[C@@H](C)OC(=O)CCCCCCCCCCC. The van der Waals surface area contributed by atoms with E-state index in [0.29, 0.717) is 32.5 Å². The van der Waals surface area contributed by atoms with E-state index in [0.717, 1.165) is 32.0 Å². The van der Waals surface area contributed by atoms with Crippen molar-refractivity contribution in [3.8, 4) is 0 Å². The summed E-state index contributed by atoms with van der Waals surface area (Å²) in [5.41, 5.74) is 0. The van der Waals surface area contributed by atoms with Crippen molar-refractivity contribution < 1.29 is 23.9 Å². The second-order valence-corrected chi connectivity index (χ2v) is 11.7. The van der Waals surface area contributed by atoms with Crippen LogP contribution in [0.2, 0.25) is 0 Å². The van der Waals surface area contributed by atoms with E-state index in [4.69, 9.17) is 9.47 Å². The minimum Gasteiger partial charge on any atom is -0.463 e. The van der Waals surface area contributed by atoms with E-state index in [1.807, 2.05) is 6.92 Å². The van der Waals surface area contributed by atoms with E-state index in [1.165, 1.54) is 103 Å². The first-order valence-electron chi connectivity index (χ1n) is 17.0. The Kier molecular flexibility index (Phi) is 29.4. The lowest BCUT2D eigenvalue weighted by Gasteiger charge is -2.18. The molecule has 0 aromatic rings. The van der Waals surface area contributed by atoms with Gasteiger partial charge >= 0.3 is 5.97 Å². The highest BCUT2D eigenvalue weighted by molar-refractivity contribution is 5.76. The van der Waals surface area contributed by atoms with Gasteiger partial charge in [-0.25, -0.2) is 0 Å². The monoisotopic (exact) mass is 567 g/mol. The van der Waals surface area contributed by atoms with Crippen molar-refractivity contribution in [1.82, 2.24) is 5.32 Å². The fourth-order valence-electron chi connectivity index (χ4n) is 4.93. The number of hydrogen-bond acceptors (Lipinski definition) is 5. The summed E-state index contributed by atoms with van der Waals surface area (Å²) in [5, 5.41) is 2.94. The van der Waals surface area contributed by atoms with Crippen molar-refractivity contribution in [3.63, 3.8) is 0 Å². The third-order valence-corrected chi connectivity index (χ3v) is 7.56. The number of ether oxygens (including phenoxy) is 2. The van der Waals surface area contributed by atoms with Gasteiger partial charge in [0.1, 0.15) is 12.4 Å². The molecule has 0 saturated carbocycles. The van der Waals surface area contributed by atoms with Gasteiger partial charge in [0, 0.05) is 25.7 Å². The van der Waals surface area contributed by atoms with E-state index >= 15 is 0 Å². The predicted octanol–water partition coefficient (Wildman–Crippen LogP) is 9.02. The predicted molar refractivity (Wildman–Crippen MR) is 167 cm³/mol. The second-order valence-electron chi connectivity index (χ2n) is 11.7. The van der Waals surface area contributed by atoms with Gasteiger partial charge in [-0.2, -0.15) is 0 Å². The van der Waals surface area contributed by atoms with Crippen LogP contribution in [0.25, 0.3) is 0 Å². The Labute approximate surface area is 247 Å². The molecule has 0 aromatic heterocycles. The molecule has 0 heterocycles. The van der Waals surface area contributed by atoms with E-state index in [-0.39, 0.29) is 30.4 Å². The first-order valence-corrected chi connectivity index (χ1v) is 17.0. The van der Waals surface area contributed by atoms with E-state index in [2.05, 4.69) is 19.2 Å². The molecule has 0 spiro atoms. The number of rotatable bonds is 31. The summed E-state index contributed by atoms with van der Waals surface area (Å²) in [7, 11) is 0. The van der Waals surface area contributed by atoms with Gasteiger partial charge in [-0.15, -0.1) is 0 Å². The lowest BCUT2D eigenvalue weighted by molar-refractivity contribution is -0.149. The molecule has 236 valence electrons. The molecule has 0 radical (unpaired) electrons. The van der Waals surface area contributed by atoms with Gasteiger partial charge < -0.3 is 19.6 Å². The largest absolute Gasteiger partial charge is 0.463 e. The minimum atomic E-state index is -0.304. The van der Waals surface area contributed by atoms with Gasteiger partial charge in [0.25, 0.3) is 0 Å². The highest BCUT2D eigenvalue weighted by Gasteiger charge is 2.14. The first kappa shape index (κ1) is 38.6. The third-order valence-electron chi connectivity index (χ3n) is 7.56. The number of unbranched alkanes of at least 4 members (excludes halogenated alkanes) is 18. The van der Waals surface area contributed by atoms with Gasteiger partial charge in [-0.05, 0) is 19.8 Å². The smallest absolute Gasteiger partial charge is 0.306 e. The van der Waals surface area contributed by atoms with Crippen LogP contribution in [-0.2, 0) is 23.9 Å². The van der Waals surface area contributed by atoms with Crippen LogP contribution in [0.1, 0.15) is 175 Å². The van der Waals surface area contributed by atoms with E-state index < -0.39 is 0 Å². The highest BCUT2D eigenvalue weighted by Crippen LogP contribution is 2.13. The Balaban J connectivity index is 3.76. The van der Waals surface area contributed by atoms with Crippen LogP contribution >= 0.6 is 0 Å². The van der Waals surface area contributed by atoms with Crippen molar-refractivity contribution in [2.75, 3.05) is 13.2 Å². The maximum Gasteiger partial charge on any atom is 0.306 e. The standard InChI is InChI=1S/C34H65NO5/c1-4-6-8-10-12-14-15-17-18-20-22-24-33(37)35-32(26-28-36)30-39-29-27-31(3)40-34(38)25-23-21-19-16-13-11-9-7-5-2/h28,31-32H,4-27,29-30H2,1-3H3,(H,35,37)/t31-,32+/m1/s1. The zero-order valence-corrected chi connectivity index (χ0v) is 26.7. The molecule has 6 heteroatoms. The lowest BCUT2D eigenvalue weighted by Crippen LogP contribution is -2.38.